The number of anilines is 2. The summed E-state index contributed by atoms with van der Waals surface area (Å²) in [7, 11) is 1.32. The molecular formula is C26H26N4O4S. The monoisotopic (exact) mass is 490 g/mol. The molecule has 4 rings (SSSR count). The fourth-order valence-electron chi connectivity index (χ4n) is 4.31. The molecule has 0 aliphatic carbocycles. The first-order chi connectivity index (χ1) is 16.7. The van der Waals surface area contributed by atoms with Crippen molar-refractivity contribution in [3.63, 3.8) is 0 Å². The van der Waals surface area contributed by atoms with E-state index in [2.05, 4.69) is 21.9 Å². The minimum Gasteiger partial charge on any atom is -0.465 e. The summed E-state index contributed by atoms with van der Waals surface area (Å²) in [6, 6.07) is 14.0. The average Bonchev–Trinajstić information content (AvgIpc) is 3.21. The van der Waals surface area contributed by atoms with Crippen molar-refractivity contribution in [3.8, 4) is 0 Å². The predicted molar refractivity (Wildman–Crippen MR) is 137 cm³/mol. The number of hydrogen-bond donors (Lipinski definition) is 2. The lowest BCUT2D eigenvalue weighted by Gasteiger charge is -2.38. The van der Waals surface area contributed by atoms with E-state index < -0.39 is 17.9 Å². The number of rotatable bonds is 5. The minimum atomic E-state index is -0.701. The first kappa shape index (κ1) is 24.2. The number of amides is 1. The van der Waals surface area contributed by atoms with Crippen LogP contribution in [0.15, 0.2) is 64.3 Å². The molecule has 0 bridgehead atoms. The Morgan fingerprint density at radius 3 is 2.40 bits per heavy atom. The lowest BCUT2D eigenvalue weighted by molar-refractivity contribution is -0.113. The summed E-state index contributed by atoms with van der Waals surface area (Å²) in [6.07, 6.45) is 0. The van der Waals surface area contributed by atoms with Gasteiger partial charge in [-0.2, -0.15) is 0 Å². The van der Waals surface area contributed by atoms with Gasteiger partial charge in [-0.05, 0) is 74.8 Å². The molecule has 9 heteroatoms. The quantitative estimate of drug-likeness (QED) is 0.391. The van der Waals surface area contributed by atoms with Crippen LogP contribution in [-0.2, 0) is 9.53 Å². The van der Waals surface area contributed by atoms with Crippen LogP contribution in [0, 0.1) is 20.8 Å². The molecule has 2 heterocycles. The molecule has 1 aliphatic rings. The number of allylic oxidation sites excluding steroid dienone is 1. The number of thiocarbonyl (C=S) groups is 1. The maximum Gasteiger partial charge on any atom is 0.338 e. The summed E-state index contributed by atoms with van der Waals surface area (Å²) in [6.45, 7) is 7.59. The van der Waals surface area contributed by atoms with Crippen LogP contribution in [0.5, 0.6) is 0 Å². The van der Waals surface area contributed by atoms with E-state index in [0.717, 1.165) is 16.8 Å². The van der Waals surface area contributed by atoms with Gasteiger partial charge in [0, 0.05) is 17.5 Å². The largest absolute Gasteiger partial charge is 0.465 e. The van der Waals surface area contributed by atoms with E-state index in [1.165, 1.54) is 7.11 Å². The summed E-state index contributed by atoms with van der Waals surface area (Å²) < 4.78 is 10.1. The molecule has 2 aromatic carbocycles. The van der Waals surface area contributed by atoms with Crippen LogP contribution in [0.1, 0.15) is 45.8 Å². The van der Waals surface area contributed by atoms with Gasteiger partial charge in [-0.25, -0.2) is 4.79 Å². The molecule has 1 atom stereocenters. The van der Waals surface area contributed by atoms with Crippen molar-refractivity contribution in [2.45, 2.75) is 33.7 Å². The van der Waals surface area contributed by atoms with Gasteiger partial charge in [-0.15, -0.1) is 0 Å². The smallest absolute Gasteiger partial charge is 0.338 e. The van der Waals surface area contributed by atoms with E-state index in [9.17, 15) is 9.59 Å². The summed E-state index contributed by atoms with van der Waals surface area (Å²) in [4.78, 5) is 28.0. The Kier molecular flexibility index (Phi) is 6.70. The molecule has 0 fully saturated rings. The zero-order valence-corrected chi connectivity index (χ0v) is 20.9. The van der Waals surface area contributed by atoms with E-state index in [4.69, 9.17) is 21.5 Å². The Morgan fingerprint density at radius 2 is 1.77 bits per heavy atom. The van der Waals surface area contributed by atoms with Crippen LogP contribution in [0.3, 0.4) is 0 Å². The summed E-state index contributed by atoms with van der Waals surface area (Å²) in [5.74, 6) is -0.0447. The number of nitrogens with zero attached hydrogens (tertiary/aromatic N) is 2. The Labute approximate surface area is 208 Å². The molecule has 1 aromatic heterocycles. The minimum absolute atomic E-state index is 0.291. The number of benzene rings is 2. The van der Waals surface area contributed by atoms with Crippen LogP contribution < -0.4 is 15.5 Å². The van der Waals surface area contributed by atoms with Gasteiger partial charge in [0.2, 0.25) is 0 Å². The number of ether oxygens (including phenoxy) is 1. The Balaban J connectivity index is 1.88. The highest BCUT2D eigenvalue weighted by atomic mass is 32.1. The van der Waals surface area contributed by atoms with E-state index in [1.54, 1.807) is 37.3 Å². The van der Waals surface area contributed by atoms with Gasteiger partial charge in [0.25, 0.3) is 5.91 Å². The molecule has 1 amide bonds. The molecule has 2 N–H and O–H groups in total. The van der Waals surface area contributed by atoms with Gasteiger partial charge in [0.05, 0.1) is 24.3 Å². The first-order valence-electron chi connectivity index (χ1n) is 11.0. The Hall–Kier alpha value is -3.98. The van der Waals surface area contributed by atoms with E-state index in [0.29, 0.717) is 39.1 Å². The highest BCUT2D eigenvalue weighted by molar-refractivity contribution is 7.80. The summed E-state index contributed by atoms with van der Waals surface area (Å²) in [5.41, 5.74) is 4.89. The number of aryl methyl sites for hydroxylation is 3. The van der Waals surface area contributed by atoms with E-state index >= 15 is 0 Å². The zero-order chi connectivity index (χ0) is 25.3. The Morgan fingerprint density at radius 1 is 1.09 bits per heavy atom. The van der Waals surface area contributed by atoms with Crippen LogP contribution in [0.2, 0.25) is 0 Å². The number of carbonyl (C=O) groups is 2. The fourth-order valence-corrected chi connectivity index (χ4v) is 4.67. The second-order valence-corrected chi connectivity index (χ2v) is 8.81. The second kappa shape index (κ2) is 9.71. The fraction of sp³-hybridized carbons (Fsp3) is 0.231. The van der Waals surface area contributed by atoms with Crippen LogP contribution in [0.25, 0.3) is 0 Å². The maximum absolute atomic E-state index is 13.7. The van der Waals surface area contributed by atoms with Gasteiger partial charge < -0.3 is 19.9 Å². The third kappa shape index (κ3) is 4.81. The lowest BCUT2D eigenvalue weighted by atomic mass is 9.90. The molecule has 0 radical (unpaired) electrons. The van der Waals surface area contributed by atoms with Crippen molar-refractivity contribution in [2.24, 2.45) is 0 Å². The number of aromatic nitrogens is 1. The van der Waals surface area contributed by atoms with Gasteiger partial charge in [0.1, 0.15) is 5.76 Å². The van der Waals surface area contributed by atoms with Gasteiger partial charge >= 0.3 is 5.97 Å². The van der Waals surface area contributed by atoms with E-state index in [-0.39, 0.29) is 0 Å². The van der Waals surface area contributed by atoms with Crippen molar-refractivity contribution >= 4 is 40.7 Å². The normalized spacial score (nSPS) is 15.6. The van der Waals surface area contributed by atoms with Crippen molar-refractivity contribution in [1.29, 1.82) is 0 Å². The molecule has 0 saturated heterocycles. The number of esters is 1. The molecule has 35 heavy (non-hydrogen) atoms. The van der Waals surface area contributed by atoms with Crippen LogP contribution >= 0.6 is 12.2 Å². The van der Waals surface area contributed by atoms with E-state index in [1.807, 2.05) is 37.8 Å². The number of nitrogens with one attached hydrogen (secondary N) is 2. The number of methoxy groups -OCH3 is 1. The Bertz CT molecular complexity index is 1340. The molecule has 0 spiro atoms. The van der Waals surface area contributed by atoms with Crippen molar-refractivity contribution in [3.05, 3.63) is 87.8 Å². The summed E-state index contributed by atoms with van der Waals surface area (Å²) in [5, 5.41) is 10.4. The van der Waals surface area contributed by atoms with Gasteiger partial charge in [-0.1, -0.05) is 29.4 Å². The SMILES string of the molecule is COC(=O)c1ccccc1C1NC(=S)N(c2cc(C)cc(C)c2)C(C)=C1C(=O)Nc1cc(C)on1. The average molecular weight is 491 g/mol. The molecule has 1 aliphatic heterocycles. The van der Waals surface area contributed by atoms with Crippen molar-refractivity contribution in [1.82, 2.24) is 10.5 Å². The molecule has 3 aromatic rings. The van der Waals surface area contributed by atoms with Crippen LogP contribution in [0.4, 0.5) is 11.5 Å². The lowest BCUT2D eigenvalue weighted by Crippen LogP contribution is -2.49. The molecule has 8 nitrogen and oxygen atoms in total. The summed E-state index contributed by atoms with van der Waals surface area (Å²) >= 11 is 5.77. The molecule has 180 valence electrons. The van der Waals surface area contributed by atoms with Gasteiger partial charge in [-0.3, -0.25) is 9.69 Å². The second-order valence-electron chi connectivity index (χ2n) is 8.42. The number of hydrogen-bond acceptors (Lipinski definition) is 6. The van der Waals surface area contributed by atoms with Crippen molar-refractivity contribution < 1.29 is 18.8 Å². The zero-order valence-electron chi connectivity index (χ0n) is 20.1. The molecule has 0 saturated carbocycles. The predicted octanol–water partition coefficient (Wildman–Crippen LogP) is 4.73. The highest BCUT2D eigenvalue weighted by Crippen LogP contribution is 2.36. The van der Waals surface area contributed by atoms with Crippen molar-refractivity contribution in [2.75, 3.05) is 17.3 Å². The van der Waals surface area contributed by atoms with Crippen LogP contribution in [-0.4, -0.2) is 29.3 Å². The third-order valence-corrected chi connectivity index (χ3v) is 6.04. The molecule has 1 unspecified atom stereocenters. The molecular weight excluding hydrogens is 464 g/mol. The number of carbonyl (C=O) groups excluding carboxylic acids is 2. The highest BCUT2D eigenvalue weighted by Gasteiger charge is 2.36. The standard InChI is InChI=1S/C26H26N4O4S/c1-14-10-15(2)12-18(11-14)30-17(4)22(24(31)27-21-13-16(3)34-29-21)23(28-26(30)35)19-8-6-7-9-20(19)25(32)33-5/h6-13,23H,1-5H3,(H,28,35)(H,27,29,31). The third-order valence-electron chi connectivity index (χ3n) is 5.74. The first-order valence-corrected chi connectivity index (χ1v) is 11.4. The maximum atomic E-state index is 13.7. The van der Waals surface area contributed by atoms with Gasteiger partial charge in [0.15, 0.2) is 10.9 Å². The topological polar surface area (TPSA) is 96.7 Å².